The molecule has 1 aromatic heterocycles. The summed E-state index contributed by atoms with van der Waals surface area (Å²) in [7, 11) is 0. The van der Waals surface area contributed by atoms with Crippen molar-refractivity contribution in [1.29, 1.82) is 0 Å². The Bertz CT molecular complexity index is 2600. The highest BCUT2D eigenvalue weighted by atomic mass is 15.1. The molecule has 260 valence electrons. The fourth-order valence-corrected chi connectivity index (χ4v) is 7.81. The Balaban J connectivity index is 1.09. The molecular formula is C52H42N2. The Morgan fingerprint density at radius 1 is 0.389 bits per heavy atom. The van der Waals surface area contributed by atoms with Gasteiger partial charge in [0, 0.05) is 33.4 Å². The zero-order valence-corrected chi connectivity index (χ0v) is 30.6. The standard InChI is InChI=1S/C52H42N2/c1-2-3-13-38-22-24-40(25-23-38)42-28-34-45(35-29-42)53(44-32-26-41(27-33-44)39-14-5-4-6-15-39)46-36-30-43(31-37-46)47-16-7-10-19-50(47)54-51-20-11-8-17-48(51)49-18-9-12-21-52(49)54/h4-12,14-37H,2-3,13H2,1H3. The Hall–Kier alpha value is -6.64. The van der Waals surface area contributed by atoms with Crippen LogP contribution in [0.4, 0.5) is 17.1 Å². The van der Waals surface area contributed by atoms with Gasteiger partial charge in [0.15, 0.2) is 0 Å². The van der Waals surface area contributed by atoms with Crippen LogP contribution in [0, 0.1) is 0 Å². The second kappa shape index (κ2) is 14.8. The highest BCUT2D eigenvalue weighted by Gasteiger charge is 2.17. The maximum atomic E-state index is 2.41. The van der Waals surface area contributed by atoms with Gasteiger partial charge in [-0.2, -0.15) is 0 Å². The van der Waals surface area contributed by atoms with Crippen LogP contribution in [0.3, 0.4) is 0 Å². The summed E-state index contributed by atoms with van der Waals surface area (Å²) in [5.41, 5.74) is 15.6. The van der Waals surface area contributed by atoms with E-state index >= 15 is 0 Å². The Morgan fingerprint density at radius 3 is 1.35 bits per heavy atom. The molecule has 8 aromatic carbocycles. The van der Waals surface area contributed by atoms with E-state index < -0.39 is 0 Å². The third kappa shape index (κ3) is 6.37. The SMILES string of the molecule is CCCCc1ccc(-c2ccc(N(c3ccc(-c4ccccc4)cc3)c3ccc(-c4ccccc4-n4c5ccccc5c5ccccc54)cc3)cc2)cc1. The molecule has 0 bridgehead atoms. The minimum atomic E-state index is 1.11. The highest BCUT2D eigenvalue weighted by molar-refractivity contribution is 6.09. The van der Waals surface area contributed by atoms with Gasteiger partial charge < -0.3 is 9.47 Å². The van der Waals surface area contributed by atoms with Crippen LogP contribution in [0.25, 0.3) is 60.9 Å². The summed E-state index contributed by atoms with van der Waals surface area (Å²) in [4.78, 5) is 2.36. The van der Waals surface area contributed by atoms with Gasteiger partial charge in [-0.1, -0.05) is 159 Å². The zero-order valence-electron chi connectivity index (χ0n) is 30.6. The third-order valence-electron chi connectivity index (χ3n) is 10.6. The molecule has 1 heterocycles. The lowest BCUT2D eigenvalue weighted by Crippen LogP contribution is -2.09. The molecule has 0 aliphatic rings. The molecule has 0 aliphatic heterocycles. The van der Waals surface area contributed by atoms with Crippen molar-refractivity contribution in [3.05, 3.63) is 206 Å². The molecule has 54 heavy (non-hydrogen) atoms. The van der Waals surface area contributed by atoms with Crippen molar-refractivity contribution >= 4 is 38.9 Å². The van der Waals surface area contributed by atoms with Crippen LogP contribution in [0.5, 0.6) is 0 Å². The molecule has 0 saturated carbocycles. The van der Waals surface area contributed by atoms with Gasteiger partial charge in [-0.15, -0.1) is 0 Å². The summed E-state index contributed by atoms with van der Waals surface area (Å²) < 4.78 is 2.41. The van der Waals surface area contributed by atoms with Crippen LogP contribution in [0.15, 0.2) is 200 Å². The van der Waals surface area contributed by atoms with E-state index in [9.17, 15) is 0 Å². The number of hydrogen-bond donors (Lipinski definition) is 0. The molecule has 0 N–H and O–H groups in total. The summed E-state index contributed by atoms with van der Waals surface area (Å²) in [6, 6.07) is 72.8. The van der Waals surface area contributed by atoms with Gasteiger partial charge in [-0.3, -0.25) is 0 Å². The molecule has 0 fully saturated rings. The van der Waals surface area contributed by atoms with Crippen LogP contribution in [-0.4, -0.2) is 4.57 Å². The van der Waals surface area contributed by atoms with Crippen LogP contribution < -0.4 is 4.90 Å². The van der Waals surface area contributed by atoms with Gasteiger partial charge in [0.25, 0.3) is 0 Å². The maximum absolute atomic E-state index is 2.41. The lowest BCUT2D eigenvalue weighted by Gasteiger charge is -2.26. The van der Waals surface area contributed by atoms with E-state index in [0.29, 0.717) is 0 Å². The third-order valence-corrected chi connectivity index (χ3v) is 10.6. The van der Waals surface area contributed by atoms with Gasteiger partial charge in [-0.05, 0) is 101 Å². The molecule has 9 rings (SSSR count). The largest absolute Gasteiger partial charge is 0.311 e. The minimum Gasteiger partial charge on any atom is -0.311 e. The second-order valence-corrected chi connectivity index (χ2v) is 14.0. The van der Waals surface area contributed by atoms with Gasteiger partial charge in [-0.25, -0.2) is 0 Å². The van der Waals surface area contributed by atoms with Crippen molar-refractivity contribution in [2.24, 2.45) is 0 Å². The van der Waals surface area contributed by atoms with E-state index in [-0.39, 0.29) is 0 Å². The number of para-hydroxylation sites is 3. The average molecular weight is 695 g/mol. The van der Waals surface area contributed by atoms with Gasteiger partial charge in [0.1, 0.15) is 0 Å². The molecule has 0 saturated heterocycles. The van der Waals surface area contributed by atoms with Gasteiger partial charge in [0.05, 0.1) is 16.7 Å². The number of nitrogens with zero attached hydrogens (tertiary/aromatic N) is 2. The van der Waals surface area contributed by atoms with Crippen molar-refractivity contribution in [1.82, 2.24) is 4.57 Å². The van der Waals surface area contributed by atoms with Gasteiger partial charge in [0.2, 0.25) is 0 Å². The number of fused-ring (bicyclic) bond motifs is 3. The lowest BCUT2D eigenvalue weighted by atomic mass is 10.0. The molecule has 0 amide bonds. The Morgan fingerprint density at radius 2 is 0.815 bits per heavy atom. The zero-order chi connectivity index (χ0) is 36.3. The summed E-state index contributed by atoms with van der Waals surface area (Å²) in [6.45, 7) is 2.25. The molecular weight excluding hydrogens is 653 g/mol. The van der Waals surface area contributed by atoms with Crippen LogP contribution in [0.1, 0.15) is 25.3 Å². The molecule has 2 heteroatoms. The fraction of sp³-hybridized carbons (Fsp3) is 0.0769. The van der Waals surface area contributed by atoms with Gasteiger partial charge >= 0.3 is 0 Å². The smallest absolute Gasteiger partial charge is 0.0541 e. The van der Waals surface area contributed by atoms with E-state index in [0.717, 1.165) is 23.5 Å². The Labute approximate surface area is 318 Å². The summed E-state index contributed by atoms with van der Waals surface area (Å²) in [6.07, 6.45) is 3.58. The molecule has 9 aromatic rings. The summed E-state index contributed by atoms with van der Waals surface area (Å²) in [5.74, 6) is 0. The number of benzene rings is 8. The molecule has 0 aliphatic carbocycles. The van der Waals surface area contributed by atoms with Crippen LogP contribution in [0.2, 0.25) is 0 Å². The predicted molar refractivity (Wildman–Crippen MR) is 230 cm³/mol. The van der Waals surface area contributed by atoms with Crippen LogP contribution >= 0.6 is 0 Å². The van der Waals surface area contributed by atoms with Crippen molar-refractivity contribution in [3.8, 4) is 39.1 Å². The summed E-state index contributed by atoms with van der Waals surface area (Å²) >= 11 is 0. The van der Waals surface area contributed by atoms with E-state index in [1.807, 2.05) is 0 Å². The number of rotatable bonds is 10. The van der Waals surface area contributed by atoms with Crippen molar-refractivity contribution in [2.45, 2.75) is 26.2 Å². The summed E-state index contributed by atoms with van der Waals surface area (Å²) in [5, 5.41) is 2.53. The molecule has 2 nitrogen and oxygen atoms in total. The van der Waals surface area contributed by atoms with Crippen LogP contribution in [-0.2, 0) is 6.42 Å². The molecule has 0 spiro atoms. The number of aryl methyl sites for hydroxylation is 1. The maximum Gasteiger partial charge on any atom is 0.0541 e. The molecule has 0 radical (unpaired) electrons. The fourth-order valence-electron chi connectivity index (χ4n) is 7.81. The van der Waals surface area contributed by atoms with Crippen molar-refractivity contribution in [3.63, 3.8) is 0 Å². The number of anilines is 3. The first kappa shape index (κ1) is 33.2. The number of aromatic nitrogens is 1. The molecule has 0 atom stereocenters. The number of unbranched alkanes of at least 4 members (excludes halogenated alkanes) is 1. The van der Waals surface area contributed by atoms with E-state index in [2.05, 4.69) is 217 Å². The predicted octanol–water partition coefficient (Wildman–Crippen LogP) is 14.6. The molecule has 0 unspecified atom stereocenters. The van der Waals surface area contributed by atoms with Crippen molar-refractivity contribution < 1.29 is 0 Å². The first-order valence-corrected chi connectivity index (χ1v) is 19.1. The van der Waals surface area contributed by atoms with E-state index in [1.165, 1.54) is 79.3 Å². The average Bonchev–Trinajstić information content (AvgIpc) is 3.59. The van der Waals surface area contributed by atoms with Crippen molar-refractivity contribution in [2.75, 3.05) is 4.90 Å². The normalized spacial score (nSPS) is 11.3. The topological polar surface area (TPSA) is 8.17 Å². The monoisotopic (exact) mass is 694 g/mol. The first-order valence-electron chi connectivity index (χ1n) is 19.1. The highest BCUT2D eigenvalue weighted by Crippen LogP contribution is 2.40. The lowest BCUT2D eigenvalue weighted by molar-refractivity contribution is 0.795. The number of hydrogen-bond acceptors (Lipinski definition) is 1. The minimum absolute atomic E-state index is 1.11. The quantitative estimate of drug-likeness (QED) is 0.138. The Kier molecular flexibility index (Phi) is 9.08. The van der Waals surface area contributed by atoms with E-state index in [1.54, 1.807) is 0 Å². The first-order chi connectivity index (χ1) is 26.7. The second-order valence-electron chi connectivity index (χ2n) is 14.0. The van der Waals surface area contributed by atoms with E-state index in [4.69, 9.17) is 0 Å².